The van der Waals surface area contributed by atoms with Crippen LogP contribution in [0, 0.1) is 5.41 Å². The maximum absolute atomic E-state index is 3.59. The number of hydrogen-bond donors (Lipinski definition) is 1. The van der Waals surface area contributed by atoms with Gasteiger partial charge in [0.15, 0.2) is 0 Å². The standard InChI is InChI=1S/C13H28N2/c1-6-11(2)14-9-12(3)15-8-7-13(4,5)10-15/h11-12,14H,6-10H2,1-5H3. The van der Waals surface area contributed by atoms with Crippen LogP contribution in [0.1, 0.15) is 47.5 Å². The molecule has 1 N–H and O–H groups in total. The van der Waals surface area contributed by atoms with Crippen LogP contribution in [0.15, 0.2) is 0 Å². The molecule has 1 aliphatic heterocycles. The minimum absolute atomic E-state index is 0.532. The summed E-state index contributed by atoms with van der Waals surface area (Å²) in [6.07, 6.45) is 2.57. The van der Waals surface area contributed by atoms with E-state index in [1.807, 2.05) is 0 Å². The van der Waals surface area contributed by atoms with Crippen LogP contribution in [0.2, 0.25) is 0 Å². The van der Waals surface area contributed by atoms with Crippen LogP contribution in [-0.4, -0.2) is 36.6 Å². The van der Waals surface area contributed by atoms with Gasteiger partial charge in [0.05, 0.1) is 0 Å². The molecule has 0 amide bonds. The lowest BCUT2D eigenvalue weighted by Crippen LogP contribution is -2.42. The molecule has 0 saturated carbocycles. The highest BCUT2D eigenvalue weighted by atomic mass is 15.2. The third kappa shape index (κ3) is 4.12. The van der Waals surface area contributed by atoms with Crippen LogP contribution in [0.3, 0.4) is 0 Å². The highest BCUT2D eigenvalue weighted by Gasteiger charge is 2.31. The molecule has 1 fully saturated rings. The predicted molar refractivity (Wildman–Crippen MR) is 67.2 cm³/mol. The lowest BCUT2D eigenvalue weighted by atomic mass is 9.93. The average molecular weight is 212 g/mol. The van der Waals surface area contributed by atoms with E-state index in [-0.39, 0.29) is 0 Å². The molecule has 0 aliphatic carbocycles. The summed E-state index contributed by atoms with van der Waals surface area (Å²) in [6, 6.07) is 1.34. The molecule has 15 heavy (non-hydrogen) atoms. The van der Waals surface area contributed by atoms with Crippen molar-refractivity contribution in [3.8, 4) is 0 Å². The fourth-order valence-electron chi connectivity index (χ4n) is 2.18. The van der Waals surface area contributed by atoms with Gasteiger partial charge in [0.1, 0.15) is 0 Å². The molecule has 0 aromatic carbocycles. The van der Waals surface area contributed by atoms with Crippen LogP contribution in [-0.2, 0) is 0 Å². The Bertz CT molecular complexity index is 189. The first-order valence-corrected chi connectivity index (χ1v) is 6.42. The third-order valence-electron chi connectivity index (χ3n) is 3.70. The van der Waals surface area contributed by atoms with Gasteiger partial charge in [-0.3, -0.25) is 4.90 Å². The Morgan fingerprint density at radius 1 is 1.33 bits per heavy atom. The Hall–Kier alpha value is -0.0800. The Morgan fingerprint density at radius 2 is 2.00 bits per heavy atom. The van der Waals surface area contributed by atoms with Crippen molar-refractivity contribution in [3.63, 3.8) is 0 Å². The van der Waals surface area contributed by atoms with Crippen LogP contribution in [0.4, 0.5) is 0 Å². The first-order chi connectivity index (χ1) is 6.94. The molecule has 90 valence electrons. The lowest BCUT2D eigenvalue weighted by molar-refractivity contribution is 0.221. The van der Waals surface area contributed by atoms with Crippen molar-refractivity contribution in [3.05, 3.63) is 0 Å². The number of nitrogens with zero attached hydrogens (tertiary/aromatic N) is 1. The molecule has 1 aliphatic rings. The Kier molecular flexibility index (Phi) is 4.60. The molecule has 2 atom stereocenters. The highest BCUT2D eigenvalue weighted by molar-refractivity contribution is 4.86. The van der Waals surface area contributed by atoms with E-state index in [2.05, 4.69) is 44.8 Å². The molecule has 1 rings (SSSR count). The van der Waals surface area contributed by atoms with Crippen molar-refractivity contribution in [1.29, 1.82) is 0 Å². The topological polar surface area (TPSA) is 15.3 Å². The average Bonchev–Trinajstić information content (AvgIpc) is 2.54. The van der Waals surface area contributed by atoms with Crippen LogP contribution >= 0.6 is 0 Å². The van der Waals surface area contributed by atoms with E-state index >= 15 is 0 Å². The Labute approximate surface area is 95.4 Å². The van der Waals surface area contributed by atoms with Crippen molar-refractivity contribution < 1.29 is 0 Å². The largest absolute Gasteiger partial charge is 0.313 e. The zero-order valence-electron chi connectivity index (χ0n) is 11.1. The Balaban J connectivity index is 2.26. The van der Waals surface area contributed by atoms with Gasteiger partial charge in [-0.05, 0) is 38.6 Å². The quantitative estimate of drug-likeness (QED) is 0.753. The molecule has 0 bridgehead atoms. The zero-order chi connectivity index (χ0) is 11.5. The van der Waals surface area contributed by atoms with Crippen molar-refractivity contribution in [1.82, 2.24) is 10.2 Å². The summed E-state index contributed by atoms with van der Waals surface area (Å²) in [5.41, 5.74) is 0.532. The summed E-state index contributed by atoms with van der Waals surface area (Å²) in [7, 11) is 0. The van der Waals surface area contributed by atoms with Gasteiger partial charge in [-0.2, -0.15) is 0 Å². The molecular weight excluding hydrogens is 184 g/mol. The van der Waals surface area contributed by atoms with E-state index in [9.17, 15) is 0 Å². The SMILES string of the molecule is CCC(C)NCC(C)N1CCC(C)(C)C1. The van der Waals surface area contributed by atoms with E-state index in [1.54, 1.807) is 0 Å². The second-order valence-corrected chi connectivity index (χ2v) is 5.95. The highest BCUT2D eigenvalue weighted by Crippen LogP contribution is 2.29. The van der Waals surface area contributed by atoms with Gasteiger partial charge in [0.25, 0.3) is 0 Å². The summed E-state index contributed by atoms with van der Waals surface area (Å²) in [5, 5.41) is 3.59. The smallest absolute Gasteiger partial charge is 0.0192 e. The van der Waals surface area contributed by atoms with Crippen molar-refractivity contribution in [2.45, 2.75) is 59.5 Å². The van der Waals surface area contributed by atoms with Gasteiger partial charge in [-0.25, -0.2) is 0 Å². The first-order valence-electron chi connectivity index (χ1n) is 6.42. The summed E-state index contributed by atoms with van der Waals surface area (Å²) < 4.78 is 0. The predicted octanol–water partition coefficient (Wildman–Crippen LogP) is 2.49. The molecule has 0 spiro atoms. The molecule has 2 nitrogen and oxygen atoms in total. The zero-order valence-corrected chi connectivity index (χ0v) is 11.1. The lowest BCUT2D eigenvalue weighted by Gasteiger charge is -2.27. The first kappa shape index (κ1) is 13.0. The van der Waals surface area contributed by atoms with Gasteiger partial charge in [-0.1, -0.05) is 20.8 Å². The maximum Gasteiger partial charge on any atom is 0.0192 e. The van der Waals surface area contributed by atoms with E-state index in [0.717, 1.165) is 6.54 Å². The Morgan fingerprint density at radius 3 is 2.47 bits per heavy atom. The van der Waals surface area contributed by atoms with E-state index in [0.29, 0.717) is 17.5 Å². The second-order valence-electron chi connectivity index (χ2n) is 5.95. The monoisotopic (exact) mass is 212 g/mol. The number of rotatable bonds is 5. The van der Waals surface area contributed by atoms with Crippen LogP contribution in [0.25, 0.3) is 0 Å². The van der Waals surface area contributed by atoms with Gasteiger partial charge in [0.2, 0.25) is 0 Å². The van der Waals surface area contributed by atoms with Crippen molar-refractivity contribution >= 4 is 0 Å². The third-order valence-corrected chi connectivity index (χ3v) is 3.70. The minimum Gasteiger partial charge on any atom is -0.313 e. The van der Waals surface area contributed by atoms with E-state index in [4.69, 9.17) is 0 Å². The maximum atomic E-state index is 3.59. The van der Waals surface area contributed by atoms with Gasteiger partial charge in [0, 0.05) is 25.2 Å². The van der Waals surface area contributed by atoms with E-state index in [1.165, 1.54) is 25.9 Å². The summed E-state index contributed by atoms with van der Waals surface area (Å²) in [5.74, 6) is 0. The van der Waals surface area contributed by atoms with Gasteiger partial charge in [-0.15, -0.1) is 0 Å². The second kappa shape index (κ2) is 5.31. The van der Waals surface area contributed by atoms with Crippen molar-refractivity contribution in [2.75, 3.05) is 19.6 Å². The number of likely N-dealkylation sites (tertiary alicyclic amines) is 1. The fourth-order valence-corrected chi connectivity index (χ4v) is 2.18. The van der Waals surface area contributed by atoms with Gasteiger partial charge >= 0.3 is 0 Å². The summed E-state index contributed by atoms with van der Waals surface area (Å²) in [4.78, 5) is 2.62. The molecule has 0 radical (unpaired) electrons. The molecule has 0 aromatic rings. The molecule has 2 heteroatoms. The van der Waals surface area contributed by atoms with Gasteiger partial charge < -0.3 is 5.32 Å². The van der Waals surface area contributed by atoms with Crippen molar-refractivity contribution in [2.24, 2.45) is 5.41 Å². The summed E-state index contributed by atoms with van der Waals surface area (Å²) >= 11 is 0. The normalized spacial score (nSPS) is 25.4. The number of nitrogens with one attached hydrogen (secondary N) is 1. The summed E-state index contributed by atoms with van der Waals surface area (Å²) in [6.45, 7) is 15.3. The fraction of sp³-hybridized carbons (Fsp3) is 1.00. The van der Waals surface area contributed by atoms with Crippen LogP contribution in [0.5, 0.6) is 0 Å². The van der Waals surface area contributed by atoms with Crippen LogP contribution < -0.4 is 5.32 Å². The molecule has 1 heterocycles. The molecule has 1 saturated heterocycles. The molecule has 0 aromatic heterocycles. The molecular formula is C13H28N2. The minimum atomic E-state index is 0.532. The van der Waals surface area contributed by atoms with E-state index < -0.39 is 0 Å². The number of hydrogen-bond acceptors (Lipinski definition) is 2. The molecule has 2 unspecified atom stereocenters.